The van der Waals surface area contributed by atoms with Gasteiger partial charge >= 0.3 is 0 Å². The third-order valence-corrected chi connectivity index (χ3v) is 3.54. The molecule has 0 aliphatic carbocycles. The molecule has 0 unspecified atom stereocenters. The molecule has 0 atom stereocenters. The first-order valence-electron chi connectivity index (χ1n) is 5.51. The van der Waals surface area contributed by atoms with Gasteiger partial charge in [0.15, 0.2) is 5.13 Å². The normalized spacial score (nSPS) is 10.8. The number of nitrogen functional groups attached to an aromatic ring is 1. The lowest BCUT2D eigenvalue weighted by Gasteiger charge is -2.12. The van der Waals surface area contributed by atoms with Gasteiger partial charge in [0, 0.05) is 6.20 Å². The third kappa shape index (κ3) is 2.42. The van der Waals surface area contributed by atoms with Crippen molar-refractivity contribution in [3.63, 3.8) is 0 Å². The van der Waals surface area contributed by atoms with E-state index in [0.717, 1.165) is 16.2 Å². The highest BCUT2D eigenvalue weighted by Crippen LogP contribution is 2.34. The predicted molar refractivity (Wildman–Crippen MR) is 72.6 cm³/mol. The maximum Gasteiger partial charge on any atom is 0.180 e. The average molecular weight is 248 g/mol. The second-order valence-electron chi connectivity index (χ2n) is 4.17. The van der Waals surface area contributed by atoms with Crippen molar-refractivity contribution < 1.29 is 4.74 Å². The highest BCUT2D eigenvalue weighted by atomic mass is 32.1. The minimum atomic E-state index is 0.426. The fourth-order valence-electron chi connectivity index (χ4n) is 1.76. The number of hydrogen-bond acceptors (Lipinski definition) is 4. The molecule has 17 heavy (non-hydrogen) atoms. The van der Waals surface area contributed by atoms with Crippen LogP contribution < -0.4 is 10.5 Å². The van der Waals surface area contributed by atoms with E-state index < -0.39 is 0 Å². The second kappa shape index (κ2) is 4.75. The number of anilines is 1. The fraction of sp³-hybridized carbons (Fsp3) is 0.308. The number of thiazole rings is 1. The van der Waals surface area contributed by atoms with Gasteiger partial charge < -0.3 is 10.5 Å². The molecule has 0 amide bonds. The van der Waals surface area contributed by atoms with Crippen LogP contribution >= 0.6 is 11.3 Å². The molecule has 0 radical (unpaired) electrons. The van der Waals surface area contributed by atoms with Crippen LogP contribution in [0, 0.1) is 0 Å². The number of methoxy groups -OCH3 is 1. The van der Waals surface area contributed by atoms with Crippen molar-refractivity contribution in [1.29, 1.82) is 0 Å². The largest absolute Gasteiger partial charge is 0.496 e. The Labute approximate surface area is 105 Å². The summed E-state index contributed by atoms with van der Waals surface area (Å²) in [5, 5.41) is 0.599. The Bertz CT molecular complexity index is 520. The van der Waals surface area contributed by atoms with Gasteiger partial charge in [0.05, 0.1) is 12.0 Å². The van der Waals surface area contributed by atoms with Crippen LogP contribution in [0.4, 0.5) is 5.13 Å². The van der Waals surface area contributed by atoms with Gasteiger partial charge in [-0.3, -0.25) is 0 Å². The summed E-state index contributed by atoms with van der Waals surface area (Å²) in [5.74, 6) is 1.36. The minimum absolute atomic E-state index is 0.426. The molecule has 0 aliphatic heterocycles. The highest BCUT2D eigenvalue weighted by molar-refractivity contribution is 7.18. The molecule has 2 rings (SSSR count). The van der Waals surface area contributed by atoms with Gasteiger partial charge in [-0.15, -0.1) is 0 Å². The minimum Gasteiger partial charge on any atom is -0.496 e. The second-order valence-corrected chi connectivity index (χ2v) is 5.24. The SMILES string of the molecule is COc1ccc(-c2cnc(N)s2)cc1C(C)C. The predicted octanol–water partition coefficient (Wildman–Crippen LogP) is 3.52. The van der Waals surface area contributed by atoms with E-state index in [1.54, 1.807) is 7.11 Å². The van der Waals surface area contributed by atoms with Crippen LogP contribution in [-0.4, -0.2) is 12.1 Å². The first-order valence-corrected chi connectivity index (χ1v) is 6.33. The fourth-order valence-corrected chi connectivity index (χ4v) is 2.44. The zero-order chi connectivity index (χ0) is 12.4. The molecule has 4 heteroatoms. The van der Waals surface area contributed by atoms with E-state index in [2.05, 4.69) is 24.9 Å². The Morgan fingerprint density at radius 1 is 1.35 bits per heavy atom. The Morgan fingerprint density at radius 3 is 2.65 bits per heavy atom. The van der Waals surface area contributed by atoms with Crippen LogP contribution in [0.1, 0.15) is 25.3 Å². The number of nitrogens with zero attached hydrogens (tertiary/aromatic N) is 1. The summed E-state index contributed by atoms with van der Waals surface area (Å²) >= 11 is 1.50. The molecule has 0 aliphatic rings. The molecule has 2 aromatic rings. The van der Waals surface area contributed by atoms with Gasteiger partial charge in [0.1, 0.15) is 5.75 Å². The maximum atomic E-state index is 5.65. The van der Waals surface area contributed by atoms with Crippen molar-refractivity contribution in [3.8, 4) is 16.2 Å². The Morgan fingerprint density at radius 2 is 2.12 bits per heavy atom. The summed E-state index contributed by atoms with van der Waals surface area (Å²) in [4.78, 5) is 5.17. The Kier molecular flexibility index (Phi) is 3.33. The molecule has 0 saturated heterocycles. The first-order chi connectivity index (χ1) is 8.11. The molecule has 0 spiro atoms. The van der Waals surface area contributed by atoms with Gasteiger partial charge in [-0.1, -0.05) is 25.2 Å². The van der Waals surface area contributed by atoms with Gasteiger partial charge in [0.25, 0.3) is 0 Å². The molecule has 0 bridgehead atoms. The molecule has 1 aromatic carbocycles. The van der Waals surface area contributed by atoms with Crippen LogP contribution in [0.25, 0.3) is 10.4 Å². The van der Waals surface area contributed by atoms with E-state index in [-0.39, 0.29) is 0 Å². The van der Waals surface area contributed by atoms with Crippen LogP contribution in [0.15, 0.2) is 24.4 Å². The number of benzene rings is 1. The van der Waals surface area contributed by atoms with Crippen molar-refractivity contribution in [3.05, 3.63) is 30.0 Å². The van der Waals surface area contributed by atoms with Crippen LogP contribution in [-0.2, 0) is 0 Å². The Hall–Kier alpha value is -1.55. The van der Waals surface area contributed by atoms with Crippen LogP contribution in [0.2, 0.25) is 0 Å². The summed E-state index contributed by atoms with van der Waals surface area (Å²) < 4.78 is 5.37. The standard InChI is InChI=1S/C13H16N2OS/c1-8(2)10-6-9(4-5-11(10)16-3)12-7-15-13(14)17-12/h4-8H,1-3H3,(H2,14,15). The lowest BCUT2D eigenvalue weighted by atomic mass is 9.99. The number of rotatable bonds is 3. The van der Waals surface area contributed by atoms with Gasteiger partial charge in [-0.05, 0) is 35.2 Å². The molecule has 2 N–H and O–H groups in total. The van der Waals surface area contributed by atoms with Crippen molar-refractivity contribution in [2.24, 2.45) is 0 Å². The van der Waals surface area contributed by atoms with Gasteiger partial charge in [-0.25, -0.2) is 4.98 Å². The molecule has 3 nitrogen and oxygen atoms in total. The molecular formula is C13H16N2OS. The first kappa shape index (κ1) is 11.9. The molecule has 90 valence electrons. The average Bonchev–Trinajstić information content (AvgIpc) is 2.75. The third-order valence-electron chi connectivity index (χ3n) is 2.66. The summed E-state index contributed by atoms with van der Waals surface area (Å²) in [5.41, 5.74) is 8.00. The van der Waals surface area contributed by atoms with Crippen molar-refractivity contribution in [1.82, 2.24) is 4.98 Å². The smallest absolute Gasteiger partial charge is 0.180 e. The summed E-state index contributed by atoms with van der Waals surface area (Å²) in [6.07, 6.45) is 1.81. The van der Waals surface area contributed by atoms with Crippen LogP contribution in [0.5, 0.6) is 5.75 Å². The van der Waals surface area contributed by atoms with Gasteiger partial charge in [0.2, 0.25) is 0 Å². The van der Waals surface area contributed by atoms with Crippen LogP contribution in [0.3, 0.4) is 0 Å². The zero-order valence-corrected chi connectivity index (χ0v) is 11.0. The van der Waals surface area contributed by atoms with Crippen molar-refractivity contribution >= 4 is 16.5 Å². The molecular weight excluding hydrogens is 232 g/mol. The van der Waals surface area contributed by atoms with Crippen molar-refractivity contribution in [2.75, 3.05) is 12.8 Å². The number of hydrogen-bond donors (Lipinski definition) is 1. The van der Waals surface area contributed by atoms with E-state index in [4.69, 9.17) is 10.5 Å². The molecule has 0 fully saturated rings. The monoisotopic (exact) mass is 248 g/mol. The highest BCUT2D eigenvalue weighted by Gasteiger charge is 2.10. The number of ether oxygens (including phenoxy) is 1. The van der Waals surface area contributed by atoms with E-state index in [1.807, 2.05) is 18.3 Å². The van der Waals surface area contributed by atoms with E-state index >= 15 is 0 Å². The number of nitrogens with two attached hydrogens (primary N) is 1. The zero-order valence-electron chi connectivity index (χ0n) is 10.2. The topological polar surface area (TPSA) is 48.1 Å². The molecule has 1 heterocycles. The quantitative estimate of drug-likeness (QED) is 0.904. The Balaban J connectivity index is 2.47. The molecule has 0 saturated carbocycles. The summed E-state index contributed by atoms with van der Waals surface area (Å²) in [6, 6.07) is 6.19. The van der Waals surface area contributed by atoms with E-state index in [1.165, 1.54) is 16.9 Å². The lowest BCUT2D eigenvalue weighted by Crippen LogP contribution is -1.94. The summed E-state index contributed by atoms with van der Waals surface area (Å²) in [7, 11) is 1.70. The maximum absolute atomic E-state index is 5.65. The van der Waals surface area contributed by atoms with E-state index in [9.17, 15) is 0 Å². The number of aromatic nitrogens is 1. The van der Waals surface area contributed by atoms with Gasteiger partial charge in [-0.2, -0.15) is 0 Å². The summed E-state index contributed by atoms with van der Waals surface area (Å²) in [6.45, 7) is 4.31. The van der Waals surface area contributed by atoms with Crippen molar-refractivity contribution in [2.45, 2.75) is 19.8 Å². The lowest BCUT2D eigenvalue weighted by molar-refractivity contribution is 0.407. The van der Waals surface area contributed by atoms with E-state index in [0.29, 0.717) is 11.0 Å². The molecule has 1 aromatic heterocycles.